The molecule has 2 aliphatic carbocycles. The summed E-state index contributed by atoms with van der Waals surface area (Å²) >= 11 is 0. The van der Waals surface area contributed by atoms with E-state index < -0.39 is 0 Å². The number of hydrogen-bond donors (Lipinski definition) is 0. The second-order valence-electron chi connectivity index (χ2n) is 9.91. The predicted octanol–water partition coefficient (Wildman–Crippen LogP) is 2.97. The van der Waals surface area contributed by atoms with Crippen LogP contribution in [-0.2, 0) is 21.8 Å². The first-order valence-corrected chi connectivity index (χ1v) is 9.97. The molecule has 2 heterocycles. The quantitative estimate of drug-likeness (QED) is 0.785. The minimum atomic E-state index is -0.332. The van der Waals surface area contributed by atoms with Crippen molar-refractivity contribution in [3.05, 3.63) is 42.0 Å². The van der Waals surface area contributed by atoms with Gasteiger partial charge in [0.25, 0.3) is 0 Å². The second kappa shape index (κ2) is 5.23. The molecule has 3 aliphatic rings. The summed E-state index contributed by atoms with van der Waals surface area (Å²) < 4.78 is 14.6. The molecule has 1 spiro atoms. The molecular formula is C21H28BN3O2. The van der Waals surface area contributed by atoms with E-state index in [0.717, 1.165) is 11.3 Å². The van der Waals surface area contributed by atoms with Crippen LogP contribution < -0.4 is 5.46 Å². The molecule has 3 fully saturated rings. The molecule has 0 atom stereocenters. The Morgan fingerprint density at radius 1 is 1.04 bits per heavy atom. The molecule has 1 aromatic heterocycles. The Bertz CT molecular complexity index is 876. The Morgan fingerprint density at radius 2 is 1.70 bits per heavy atom. The fraction of sp³-hybridized carbons (Fsp3) is 0.619. The van der Waals surface area contributed by atoms with E-state index in [1.165, 1.54) is 31.2 Å². The third kappa shape index (κ3) is 2.46. The fourth-order valence-electron chi connectivity index (χ4n) is 4.93. The second-order valence-corrected chi connectivity index (χ2v) is 9.91. The number of aromatic nitrogens is 3. The zero-order chi connectivity index (χ0) is 19.1. The summed E-state index contributed by atoms with van der Waals surface area (Å²) in [6, 6.07) is 8.75. The molecule has 27 heavy (non-hydrogen) atoms. The van der Waals surface area contributed by atoms with Gasteiger partial charge in [-0.05, 0) is 69.8 Å². The van der Waals surface area contributed by atoms with E-state index in [0.29, 0.717) is 5.41 Å². The predicted molar refractivity (Wildman–Crippen MR) is 105 cm³/mol. The number of benzene rings is 1. The van der Waals surface area contributed by atoms with Crippen LogP contribution in [0.3, 0.4) is 0 Å². The van der Waals surface area contributed by atoms with E-state index in [1.807, 2.05) is 13.4 Å². The summed E-state index contributed by atoms with van der Waals surface area (Å²) in [7, 11) is 1.72. The highest BCUT2D eigenvalue weighted by Gasteiger charge is 2.63. The molecule has 0 unspecified atom stereocenters. The van der Waals surface area contributed by atoms with E-state index in [2.05, 4.69) is 66.7 Å². The van der Waals surface area contributed by atoms with Gasteiger partial charge in [0.05, 0.1) is 16.6 Å². The lowest BCUT2D eigenvalue weighted by Crippen LogP contribution is -2.46. The van der Waals surface area contributed by atoms with E-state index >= 15 is 0 Å². The van der Waals surface area contributed by atoms with Crippen LogP contribution in [-0.4, -0.2) is 33.1 Å². The van der Waals surface area contributed by atoms with Gasteiger partial charge in [0.1, 0.15) is 12.2 Å². The Morgan fingerprint density at radius 3 is 2.26 bits per heavy atom. The van der Waals surface area contributed by atoms with E-state index in [-0.39, 0.29) is 23.7 Å². The van der Waals surface area contributed by atoms with E-state index in [4.69, 9.17) is 9.31 Å². The minimum Gasteiger partial charge on any atom is -0.399 e. The molecule has 1 aromatic carbocycles. The molecule has 0 N–H and O–H groups in total. The third-order valence-corrected chi connectivity index (χ3v) is 7.41. The van der Waals surface area contributed by atoms with Crippen molar-refractivity contribution in [2.45, 2.75) is 70.0 Å². The molecule has 0 amide bonds. The van der Waals surface area contributed by atoms with Crippen molar-refractivity contribution in [1.29, 1.82) is 0 Å². The first kappa shape index (κ1) is 17.4. The highest BCUT2D eigenvalue weighted by Crippen LogP contribution is 2.70. The monoisotopic (exact) mass is 365 g/mol. The van der Waals surface area contributed by atoms with Gasteiger partial charge < -0.3 is 13.9 Å². The van der Waals surface area contributed by atoms with Gasteiger partial charge in [-0.2, -0.15) is 0 Å². The Labute approximate surface area is 161 Å². The average Bonchev–Trinajstić information content (AvgIpc) is 3.19. The maximum atomic E-state index is 6.28. The van der Waals surface area contributed by atoms with Crippen LogP contribution in [0.25, 0.3) is 0 Å². The zero-order valence-electron chi connectivity index (χ0n) is 17.0. The molecule has 5 rings (SSSR count). The third-order valence-electron chi connectivity index (χ3n) is 7.41. The molecule has 2 saturated carbocycles. The van der Waals surface area contributed by atoms with Crippen LogP contribution >= 0.6 is 0 Å². The fourth-order valence-corrected chi connectivity index (χ4v) is 4.93. The van der Waals surface area contributed by atoms with Gasteiger partial charge in [0.2, 0.25) is 0 Å². The van der Waals surface area contributed by atoms with Crippen LogP contribution in [0.1, 0.15) is 64.8 Å². The van der Waals surface area contributed by atoms with Crippen LogP contribution in [0.15, 0.2) is 30.6 Å². The molecule has 1 saturated heterocycles. The van der Waals surface area contributed by atoms with Crippen molar-refractivity contribution in [2.24, 2.45) is 12.5 Å². The maximum absolute atomic E-state index is 6.28. The summed E-state index contributed by atoms with van der Waals surface area (Å²) in [4.78, 5) is 0. The van der Waals surface area contributed by atoms with Gasteiger partial charge in [-0.3, -0.25) is 0 Å². The first-order chi connectivity index (χ1) is 12.7. The van der Waals surface area contributed by atoms with Gasteiger partial charge >= 0.3 is 7.12 Å². The standard InChI is InChI=1S/C21H28BN3O2/c1-18(2)19(3,4)27-22(26-18)16-8-6-7-15(11-16)21(12-20(13-21)9-10-20)17-24-23-14-25(17)5/h6-8,11,14H,9-10,12-13H2,1-5H3. The maximum Gasteiger partial charge on any atom is 0.494 e. The van der Waals surface area contributed by atoms with Crippen molar-refractivity contribution >= 4 is 12.6 Å². The van der Waals surface area contributed by atoms with Crippen molar-refractivity contribution < 1.29 is 9.31 Å². The summed E-state index contributed by atoms with van der Waals surface area (Å²) in [6.07, 6.45) is 6.85. The Kier molecular flexibility index (Phi) is 3.38. The molecule has 0 bridgehead atoms. The van der Waals surface area contributed by atoms with Gasteiger partial charge in [-0.1, -0.05) is 24.3 Å². The SMILES string of the molecule is Cn1cnnc1C1(c2cccc(B3OC(C)(C)C(C)(C)O3)c2)CC2(CC2)C1. The van der Waals surface area contributed by atoms with Crippen molar-refractivity contribution in [3.8, 4) is 0 Å². The van der Waals surface area contributed by atoms with Gasteiger partial charge in [0, 0.05) is 7.05 Å². The smallest absolute Gasteiger partial charge is 0.399 e. The lowest BCUT2D eigenvalue weighted by Gasteiger charge is -2.48. The molecule has 5 nitrogen and oxygen atoms in total. The zero-order valence-corrected chi connectivity index (χ0v) is 17.0. The molecular weight excluding hydrogens is 337 g/mol. The van der Waals surface area contributed by atoms with Gasteiger partial charge in [-0.15, -0.1) is 10.2 Å². The van der Waals surface area contributed by atoms with Gasteiger partial charge in [0.15, 0.2) is 0 Å². The van der Waals surface area contributed by atoms with Crippen LogP contribution in [0.5, 0.6) is 0 Å². The summed E-state index contributed by atoms with van der Waals surface area (Å²) in [5, 5.41) is 8.67. The number of aryl methyl sites for hydroxylation is 1. The topological polar surface area (TPSA) is 49.2 Å². The number of hydrogen-bond acceptors (Lipinski definition) is 4. The Hall–Kier alpha value is -1.66. The van der Waals surface area contributed by atoms with Crippen molar-refractivity contribution in [2.75, 3.05) is 0 Å². The number of nitrogens with zero attached hydrogens (tertiary/aromatic N) is 3. The summed E-state index contributed by atoms with van der Waals surface area (Å²) in [5.74, 6) is 1.08. The molecule has 142 valence electrons. The molecule has 6 heteroatoms. The van der Waals surface area contributed by atoms with Crippen LogP contribution in [0.4, 0.5) is 0 Å². The highest BCUT2D eigenvalue weighted by atomic mass is 16.7. The summed E-state index contributed by atoms with van der Waals surface area (Å²) in [6.45, 7) is 8.39. The summed E-state index contributed by atoms with van der Waals surface area (Å²) in [5.41, 5.74) is 2.24. The minimum absolute atomic E-state index is 0.0403. The first-order valence-electron chi connectivity index (χ1n) is 9.97. The largest absolute Gasteiger partial charge is 0.494 e. The van der Waals surface area contributed by atoms with E-state index in [9.17, 15) is 0 Å². The lowest BCUT2D eigenvalue weighted by molar-refractivity contribution is 0.00578. The highest BCUT2D eigenvalue weighted by molar-refractivity contribution is 6.62. The lowest BCUT2D eigenvalue weighted by atomic mass is 9.55. The van der Waals surface area contributed by atoms with Gasteiger partial charge in [-0.25, -0.2) is 0 Å². The van der Waals surface area contributed by atoms with E-state index in [1.54, 1.807) is 0 Å². The van der Waals surface area contributed by atoms with Crippen LogP contribution in [0, 0.1) is 5.41 Å². The Balaban J connectivity index is 1.52. The molecule has 0 radical (unpaired) electrons. The average molecular weight is 365 g/mol. The number of rotatable bonds is 3. The van der Waals surface area contributed by atoms with Crippen molar-refractivity contribution in [3.63, 3.8) is 0 Å². The molecule has 2 aromatic rings. The van der Waals surface area contributed by atoms with Crippen molar-refractivity contribution in [1.82, 2.24) is 14.8 Å². The molecule has 1 aliphatic heterocycles. The normalized spacial score (nSPS) is 26.2. The van der Waals surface area contributed by atoms with Crippen LogP contribution in [0.2, 0.25) is 0 Å².